The fourth-order valence-electron chi connectivity index (χ4n) is 4.32. The lowest BCUT2D eigenvalue weighted by Crippen LogP contribution is -2.49. The van der Waals surface area contributed by atoms with Crippen LogP contribution in [0.1, 0.15) is 33.1 Å². The maximum Gasteiger partial charge on any atom is 0.307 e. The summed E-state index contributed by atoms with van der Waals surface area (Å²) in [6.07, 6.45) is 7.04. The van der Waals surface area contributed by atoms with Gasteiger partial charge in [0, 0.05) is 13.1 Å². The van der Waals surface area contributed by atoms with Gasteiger partial charge in [0.1, 0.15) is 0 Å². The van der Waals surface area contributed by atoms with E-state index in [1.807, 2.05) is 11.0 Å². The molecule has 4 nitrogen and oxygen atoms in total. The second kappa shape index (κ2) is 4.61. The normalized spacial score (nSPS) is 38.2. The molecular weight excluding hydrogens is 254 g/mol. The molecule has 1 N–H and O–H groups in total. The van der Waals surface area contributed by atoms with Crippen LogP contribution in [-0.2, 0) is 9.59 Å². The van der Waals surface area contributed by atoms with Crippen LogP contribution in [0.3, 0.4) is 0 Å². The van der Waals surface area contributed by atoms with Gasteiger partial charge in [-0.2, -0.15) is 0 Å². The van der Waals surface area contributed by atoms with E-state index >= 15 is 0 Å². The van der Waals surface area contributed by atoms with E-state index in [0.29, 0.717) is 0 Å². The molecule has 2 bridgehead atoms. The molecule has 3 rings (SSSR count). The molecule has 1 aliphatic heterocycles. The van der Waals surface area contributed by atoms with Crippen molar-refractivity contribution >= 4 is 11.9 Å². The molecule has 2 fully saturated rings. The summed E-state index contributed by atoms with van der Waals surface area (Å²) in [5.74, 6) is -1.39. The lowest BCUT2D eigenvalue weighted by molar-refractivity contribution is -0.152. The van der Waals surface area contributed by atoms with Crippen molar-refractivity contribution in [2.24, 2.45) is 29.1 Å². The van der Waals surface area contributed by atoms with Gasteiger partial charge in [-0.25, -0.2) is 0 Å². The number of rotatable bonds is 2. The molecule has 1 amide bonds. The highest BCUT2D eigenvalue weighted by atomic mass is 16.4. The van der Waals surface area contributed by atoms with Crippen LogP contribution >= 0.6 is 0 Å². The second-order valence-corrected chi connectivity index (χ2v) is 7.37. The Balaban J connectivity index is 1.79. The Kier molecular flexibility index (Phi) is 3.14. The molecule has 4 atom stereocenters. The van der Waals surface area contributed by atoms with Crippen LogP contribution in [0, 0.1) is 29.1 Å². The monoisotopic (exact) mass is 277 g/mol. The Morgan fingerprint density at radius 1 is 1.20 bits per heavy atom. The fourth-order valence-corrected chi connectivity index (χ4v) is 4.32. The number of likely N-dealkylation sites (tertiary alicyclic amines) is 1. The van der Waals surface area contributed by atoms with Gasteiger partial charge in [-0.3, -0.25) is 9.59 Å². The number of amides is 1. The van der Waals surface area contributed by atoms with Gasteiger partial charge >= 0.3 is 5.97 Å². The van der Waals surface area contributed by atoms with Crippen molar-refractivity contribution in [2.75, 3.05) is 13.1 Å². The van der Waals surface area contributed by atoms with Crippen LogP contribution in [0.2, 0.25) is 0 Å². The van der Waals surface area contributed by atoms with Crippen molar-refractivity contribution < 1.29 is 14.7 Å². The van der Waals surface area contributed by atoms with E-state index in [2.05, 4.69) is 19.9 Å². The summed E-state index contributed by atoms with van der Waals surface area (Å²) in [7, 11) is 0. The van der Waals surface area contributed by atoms with Crippen LogP contribution in [0.4, 0.5) is 0 Å². The number of fused-ring (bicyclic) bond motifs is 2. The van der Waals surface area contributed by atoms with Gasteiger partial charge < -0.3 is 10.0 Å². The van der Waals surface area contributed by atoms with Gasteiger partial charge in [0.2, 0.25) is 5.91 Å². The van der Waals surface area contributed by atoms with E-state index in [9.17, 15) is 14.7 Å². The van der Waals surface area contributed by atoms with E-state index < -0.39 is 11.9 Å². The summed E-state index contributed by atoms with van der Waals surface area (Å²) in [4.78, 5) is 26.2. The number of piperidine rings is 1. The van der Waals surface area contributed by atoms with E-state index in [1.165, 1.54) is 0 Å². The van der Waals surface area contributed by atoms with E-state index in [-0.39, 0.29) is 29.1 Å². The van der Waals surface area contributed by atoms with Crippen molar-refractivity contribution in [3.63, 3.8) is 0 Å². The van der Waals surface area contributed by atoms with Crippen molar-refractivity contribution in [3.8, 4) is 0 Å². The predicted octanol–water partition coefficient (Wildman–Crippen LogP) is 2.16. The lowest BCUT2D eigenvalue weighted by Gasteiger charge is -2.40. The van der Waals surface area contributed by atoms with E-state index in [4.69, 9.17) is 0 Å². The number of carboxylic acids is 1. The minimum absolute atomic E-state index is 0.0595. The second-order valence-electron chi connectivity index (χ2n) is 7.37. The van der Waals surface area contributed by atoms with Crippen molar-refractivity contribution in [1.82, 2.24) is 4.90 Å². The molecule has 4 heteroatoms. The molecule has 2 aliphatic carbocycles. The van der Waals surface area contributed by atoms with E-state index in [0.717, 1.165) is 32.4 Å². The summed E-state index contributed by atoms with van der Waals surface area (Å²) >= 11 is 0. The van der Waals surface area contributed by atoms with Gasteiger partial charge in [-0.05, 0) is 36.5 Å². The first-order chi connectivity index (χ1) is 9.39. The SMILES string of the molecule is CC1(C)CCCN(C(=O)[C@H]2C3C=CC(C3)[C@H]2C(=O)O)C1. The molecule has 0 aromatic heterocycles. The summed E-state index contributed by atoms with van der Waals surface area (Å²) in [6.45, 7) is 5.91. The zero-order valence-electron chi connectivity index (χ0n) is 12.2. The first kappa shape index (κ1) is 13.7. The molecule has 0 aromatic carbocycles. The molecule has 0 radical (unpaired) electrons. The highest BCUT2D eigenvalue weighted by Crippen LogP contribution is 2.49. The third-order valence-corrected chi connectivity index (χ3v) is 5.24. The average molecular weight is 277 g/mol. The fraction of sp³-hybridized carbons (Fsp3) is 0.750. The third kappa shape index (κ3) is 2.15. The summed E-state index contributed by atoms with van der Waals surface area (Å²) < 4.78 is 0. The number of carbonyl (C=O) groups excluding carboxylic acids is 1. The molecule has 0 aromatic rings. The Labute approximate surface area is 119 Å². The molecule has 3 aliphatic rings. The van der Waals surface area contributed by atoms with Gasteiger partial charge in [-0.15, -0.1) is 0 Å². The van der Waals surface area contributed by atoms with Crippen LogP contribution in [0.15, 0.2) is 12.2 Å². The topological polar surface area (TPSA) is 57.6 Å². The smallest absolute Gasteiger partial charge is 0.307 e. The lowest BCUT2D eigenvalue weighted by atomic mass is 9.79. The number of aliphatic carboxylic acids is 1. The molecule has 1 saturated heterocycles. The van der Waals surface area contributed by atoms with Gasteiger partial charge in [0.15, 0.2) is 0 Å². The van der Waals surface area contributed by atoms with Crippen LogP contribution < -0.4 is 0 Å². The largest absolute Gasteiger partial charge is 0.481 e. The molecular formula is C16H23NO3. The third-order valence-electron chi connectivity index (χ3n) is 5.24. The van der Waals surface area contributed by atoms with Crippen LogP contribution in [-0.4, -0.2) is 35.0 Å². The Morgan fingerprint density at radius 2 is 1.85 bits per heavy atom. The first-order valence-corrected chi connectivity index (χ1v) is 7.59. The minimum Gasteiger partial charge on any atom is -0.481 e. The number of carboxylic acid groups (broad SMARTS) is 1. The molecule has 1 saturated carbocycles. The molecule has 110 valence electrons. The zero-order chi connectivity index (χ0) is 14.5. The number of hydrogen-bond acceptors (Lipinski definition) is 2. The van der Waals surface area contributed by atoms with Crippen LogP contribution in [0.5, 0.6) is 0 Å². The van der Waals surface area contributed by atoms with Crippen molar-refractivity contribution in [3.05, 3.63) is 12.2 Å². The van der Waals surface area contributed by atoms with Gasteiger partial charge in [-0.1, -0.05) is 26.0 Å². The Hall–Kier alpha value is -1.32. The summed E-state index contributed by atoms with van der Waals surface area (Å²) in [6, 6.07) is 0. The van der Waals surface area contributed by atoms with Gasteiger partial charge in [0.25, 0.3) is 0 Å². The van der Waals surface area contributed by atoms with Gasteiger partial charge in [0.05, 0.1) is 11.8 Å². The number of carbonyl (C=O) groups is 2. The summed E-state index contributed by atoms with van der Waals surface area (Å²) in [5, 5.41) is 9.45. The molecule has 1 heterocycles. The number of allylic oxidation sites excluding steroid dienone is 2. The van der Waals surface area contributed by atoms with E-state index in [1.54, 1.807) is 0 Å². The summed E-state index contributed by atoms with van der Waals surface area (Å²) in [5.41, 5.74) is 0.153. The Bertz CT molecular complexity index is 468. The zero-order valence-corrected chi connectivity index (χ0v) is 12.2. The predicted molar refractivity (Wildman–Crippen MR) is 74.9 cm³/mol. The maximum absolute atomic E-state index is 12.8. The molecule has 20 heavy (non-hydrogen) atoms. The minimum atomic E-state index is -0.809. The first-order valence-electron chi connectivity index (χ1n) is 7.59. The van der Waals surface area contributed by atoms with Crippen molar-refractivity contribution in [2.45, 2.75) is 33.1 Å². The highest BCUT2D eigenvalue weighted by molar-refractivity contribution is 5.87. The average Bonchev–Trinajstić information content (AvgIpc) is 2.96. The maximum atomic E-state index is 12.8. The molecule has 2 unspecified atom stereocenters. The quantitative estimate of drug-likeness (QED) is 0.787. The Morgan fingerprint density at radius 3 is 2.45 bits per heavy atom. The number of hydrogen-bond donors (Lipinski definition) is 1. The van der Waals surface area contributed by atoms with Crippen LogP contribution in [0.25, 0.3) is 0 Å². The van der Waals surface area contributed by atoms with Crippen molar-refractivity contribution in [1.29, 1.82) is 0 Å². The molecule has 0 spiro atoms. The highest BCUT2D eigenvalue weighted by Gasteiger charge is 2.53. The standard InChI is InChI=1S/C16H23NO3/c1-16(2)6-3-7-17(9-16)14(18)12-10-4-5-11(8-10)13(12)15(19)20/h4-5,10-13H,3,6-9H2,1-2H3,(H,19,20)/t10?,11?,12-,13+/m0/s1. The number of nitrogens with zero attached hydrogens (tertiary/aromatic N) is 1.